The minimum atomic E-state index is -0.994. The molecule has 3 heterocycles. The first-order chi connectivity index (χ1) is 17.3. The number of nitrogens with one attached hydrogen (secondary N) is 1. The Kier molecular flexibility index (Phi) is 7.15. The highest BCUT2D eigenvalue weighted by Crippen LogP contribution is 2.52. The predicted octanol–water partition coefficient (Wildman–Crippen LogP) is 4.91. The summed E-state index contributed by atoms with van der Waals surface area (Å²) in [5, 5.41) is 14.1. The van der Waals surface area contributed by atoms with Gasteiger partial charge in [-0.2, -0.15) is 0 Å². The Balaban J connectivity index is 1.07. The van der Waals surface area contributed by atoms with E-state index in [1.54, 1.807) is 24.4 Å². The van der Waals surface area contributed by atoms with E-state index >= 15 is 0 Å². The highest BCUT2D eigenvalue weighted by Gasteiger charge is 2.54. The molecule has 2 aromatic heterocycles. The normalized spacial score (nSPS) is 17.9. The number of aliphatic carboxylic acids is 1. The smallest absolute Gasteiger partial charge is 0.305 e. The van der Waals surface area contributed by atoms with E-state index in [1.165, 1.54) is 0 Å². The molecule has 1 aromatic carbocycles. The number of rotatable bonds is 9. The number of aromatic nitrogens is 2. The molecule has 5 rings (SSSR count). The molecule has 7 nitrogen and oxygen atoms in total. The zero-order valence-electron chi connectivity index (χ0n) is 19.8. The van der Waals surface area contributed by atoms with Crippen LogP contribution >= 0.6 is 23.2 Å². The molecule has 36 heavy (non-hydrogen) atoms. The van der Waals surface area contributed by atoms with Crippen LogP contribution in [0.2, 0.25) is 10.0 Å². The van der Waals surface area contributed by atoms with Gasteiger partial charge in [0.15, 0.2) is 5.65 Å². The number of carbonyl (C=O) groups excluding carboxylic acids is 1. The highest BCUT2D eigenvalue weighted by molar-refractivity contribution is 6.34. The Morgan fingerprint density at radius 2 is 1.89 bits per heavy atom. The summed E-state index contributed by atoms with van der Waals surface area (Å²) < 4.78 is 0. The number of pyridine rings is 2. The van der Waals surface area contributed by atoms with Crippen molar-refractivity contribution in [3.05, 3.63) is 70.0 Å². The van der Waals surface area contributed by atoms with E-state index in [2.05, 4.69) is 32.3 Å². The fourth-order valence-corrected chi connectivity index (χ4v) is 6.14. The lowest BCUT2D eigenvalue weighted by Crippen LogP contribution is -2.64. The van der Waals surface area contributed by atoms with Gasteiger partial charge in [-0.3, -0.25) is 9.59 Å². The fraction of sp³-hybridized carbons (Fsp3) is 0.407. The largest absolute Gasteiger partial charge is 0.481 e. The number of hydrogen-bond acceptors (Lipinski definition) is 5. The number of benzene rings is 1. The van der Waals surface area contributed by atoms with Crippen LogP contribution in [0.15, 0.2) is 48.7 Å². The monoisotopic (exact) mass is 526 g/mol. The SMILES string of the molecule is O=C(O)CC(NC(=O)C1CC2(C1)CN(CCCc1ccc3cccnc3n1)C2)c1cc(Cl)cc(Cl)c1. The molecule has 1 aliphatic heterocycles. The van der Waals surface area contributed by atoms with Crippen molar-refractivity contribution in [1.29, 1.82) is 0 Å². The van der Waals surface area contributed by atoms with Gasteiger partial charge >= 0.3 is 5.97 Å². The number of fused-ring (bicyclic) bond motifs is 1. The molecule has 3 aromatic rings. The van der Waals surface area contributed by atoms with Crippen LogP contribution in [0.5, 0.6) is 0 Å². The van der Waals surface area contributed by atoms with Crippen molar-refractivity contribution in [2.24, 2.45) is 11.3 Å². The van der Waals surface area contributed by atoms with E-state index in [1.807, 2.05) is 12.1 Å². The average molecular weight is 527 g/mol. The third-order valence-electron chi connectivity index (χ3n) is 7.26. The molecular formula is C27H28Cl2N4O3. The van der Waals surface area contributed by atoms with Gasteiger partial charge in [-0.05, 0) is 85.7 Å². The molecule has 2 N–H and O–H groups in total. The van der Waals surface area contributed by atoms with Crippen LogP contribution in [-0.2, 0) is 16.0 Å². The van der Waals surface area contributed by atoms with Crippen molar-refractivity contribution in [3.63, 3.8) is 0 Å². The summed E-state index contributed by atoms with van der Waals surface area (Å²) in [6.45, 7) is 3.02. The fourth-order valence-electron chi connectivity index (χ4n) is 5.60. The van der Waals surface area contributed by atoms with Gasteiger partial charge in [0.25, 0.3) is 0 Å². The summed E-state index contributed by atoms with van der Waals surface area (Å²) in [5.74, 6) is -1.18. The first-order valence-electron chi connectivity index (χ1n) is 12.2. The van der Waals surface area contributed by atoms with Crippen molar-refractivity contribution < 1.29 is 14.7 Å². The van der Waals surface area contributed by atoms with E-state index in [0.717, 1.165) is 62.0 Å². The highest BCUT2D eigenvalue weighted by atomic mass is 35.5. The predicted molar refractivity (Wildman–Crippen MR) is 139 cm³/mol. The van der Waals surface area contributed by atoms with E-state index in [9.17, 15) is 14.7 Å². The van der Waals surface area contributed by atoms with Gasteiger partial charge in [0, 0.05) is 46.3 Å². The number of aryl methyl sites for hydroxylation is 1. The zero-order chi connectivity index (χ0) is 25.3. The molecule has 9 heteroatoms. The number of amides is 1. The third-order valence-corrected chi connectivity index (χ3v) is 7.70. The van der Waals surface area contributed by atoms with Gasteiger partial charge < -0.3 is 15.3 Å². The summed E-state index contributed by atoms with van der Waals surface area (Å²) >= 11 is 12.2. The molecular weight excluding hydrogens is 499 g/mol. The van der Waals surface area contributed by atoms with Crippen molar-refractivity contribution in [1.82, 2.24) is 20.2 Å². The molecule has 1 saturated heterocycles. The van der Waals surface area contributed by atoms with Crippen LogP contribution in [0.4, 0.5) is 0 Å². The molecule has 2 aliphatic rings. The molecule has 0 bridgehead atoms. The molecule has 1 amide bonds. The van der Waals surface area contributed by atoms with Crippen LogP contribution in [0.1, 0.15) is 43.0 Å². The second kappa shape index (κ2) is 10.3. The summed E-state index contributed by atoms with van der Waals surface area (Å²) in [7, 11) is 0. The zero-order valence-corrected chi connectivity index (χ0v) is 21.3. The van der Waals surface area contributed by atoms with Crippen LogP contribution < -0.4 is 5.32 Å². The molecule has 1 atom stereocenters. The number of nitrogens with zero attached hydrogens (tertiary/aromatic N) is 3. The van der Waals surface area contributed by atoms with Gasteiger partial charge in [0.05, 0.1) is 12.5 Å². The second-order valence-electron chi connectivity index (χ2n) is 10.1. The van der Waals surface area contributed by atoms with Gasteiger partial charge in [0.1, 0.15) is 0 Å². The topological polar surface area (TPSA) is 95.4 Å². The van der Waals surface area contributed by atoms with Crippen LogP contribution in [0, 0.1) is 11.3 Å². The molecule has 1 unspecified atom stereocenters. The molecule has 188 valence electrons. The van der Waals surface area contributed by atoms with Gasteiger partial charge in [-0.15, -0.1) is 0 Å². The van der Waals surface area contributed by atoms with Gasteiger partial charge in [0.2, 0.25) is 5.91 Å². The standard InChI is InChI=1S/C27H28Cl2N4O3/c28-20-9-18(10-21(29)11-20)23(12-24(34)35)32-26(36)19-13-27(14-19)15-33(16-27)8-2-4-22-6-5-17-3-1-7-30-25(17)31-22/h1,3,5-7,9-11,19,23H,2,4,8,12-16H2,(H,32,36)(H,34,35). The maximum absolute atomic E-state index is 12.9. The Morgan fingerprint density at radius 3 is 2.61 bits per heavy atom. The first kappa shape index (κ1) is 24.9. The summed E-state index contributed by atoms with van der Waals surface area (Å²) in [6.07, 6.45) is 5.16. The Morgan fingerprint density at radius 1 is 1.14 bits per heavy atom. The van der Waals surface area contributed by atoms with Crippen molar-refractivity contribution in [2.45, 2.75) is 38.1 Å². The van der Waals surface area contributed by atoms with Crippen molar-refractivity contribution >= 4 is 46.1 Å². The Hall–Kier alpha value is -2.74. The number of halogens is 2. The quantitative estimate of drug-likeness (QED) is 0.411. The minimum absolute atomic E-state index is 0.0904. The second-order valence-corrected chi connectivity index (χ2v) is 11.0. The lowest BCUT2D eigenvalue weighted by atomic mass is 9.57. The van der Waals surface area contributed by atoms with Crippen molar-refractivity contribution in [2.75, 3.05) is 19.6 Å². The number of carboxylic acid groups (broad SMARTS) is 1. The minimum Gasteiger partial charge on any atom is -0.481 e. The van der Waals surface area contributed by atoms with Crippen molar-refractivity contribution in [3.8, 4) is 0 Å². The molecule has 0 radical (unpaired) electrons. The maximum atomic E-state index is 12.9. The van der Waals surface area contributed by atoms with E-state index in [-0.39, 0.29) is 23.7 Å². The molecule has 2 fully saturated rings. The molecule has 1 aliphatic carbocycles. The summed E-state index contributed by atoms with van der Waals surface area (Å²) in [5.41, 5.74) is 2.67. The number of hydrogen-bond donors (Lipinski definition) is 2. The van der Waals surface area contributed by atoms with E-state index < -0.39 is 12.0 Å². The number of carboxylic acids is 1. The first-order valence-corrected chi connectivity index (χ1v) is 13.0. The molecule has 1 spiro atoms. The van der Waals surface area contributed by atoms with Gasteiger partial charge in [-0.25, -0.2) is 9.97 Å². The maximum Gasteiger partial charge on any atom is 0.305 e. The lowest BCUT2D eigenvalue weighted by Gasteiger charge is -2.59. The lowest BCUT2D eigenvalue weighted by molar-refractivity contribution is -0.145. The van der Waals surface area contributed by atoms with E-state index in [0.29, 0.717) is 15.6 Å². The average Bonchev–Trinajstić information content (AvgIpc) is 2.77. The van der Waals surface area contributed by atoms with E-state index in [4.69, 9.17) is 23.2 Å². The Bertz CT molecular complexity index is 1270. The summed E-state index contributed by atoms with van der Waals surface area (Å²) in [6, 6.07) is 12.3. The summed E-state index contributed by atoms with van der Waals surface area (Å²) in [4.78, 5) is 35.7. The van der Waals surface area contributed by atoms with Crippen LogP contribution in [0.3, 0.4) is 0 Å². The third kappa shape index (κ3) is 5.64. The number of likely N-dealkylation sites (tertiary alicyclic amines) is 1. The Labute approximate surface area is 219 Å². The molecule has 1 saturated carbocycles. The van der Waals surface area contributed by atoms with Crippen LogP contribution in [0.25, 0.3) is 11.0 Å². The van der Waals surface area contributed by atoms with Crippen LogP contribution in [-0.4, -0.2) is 51.5 Å². The number of carbonyl (C=O) groups is 2. The van der Waals surface area contributed by atoms with Gasteiger partial charge in [-0.1, -0.05) is 23.2 Å².